The number of benzene rings is 1. The smallest absolute Gasteiger partial charge is 0.0702 e. The van der Waals surface area contributed by atoms with Crippen LogP contribution in [0.4, 0.5) is 0 Å². The molecule has 0 aromatic heterocycles. The van der Waals surface area contributed by atoms with Crippen molar-refractivity contribution in [2.45, 2.75) is 76.5 Å². The number of aliphatic hydroxyl groups is 1. The highest BCUT2D eigenvalue weighted by molar-refractivity contribution is 5.36. The lowest BCUT2D eigenvalue weighted by Gasteiger charge is -2.38. The third-order valence-electron chi connectivity index (χ3n) is 7.32. The van der Waals surface area contributed by atoms with Gasteiger partial charge in [-0.05, 0) is 75.2 Å². The van der Waals surface area contributed by atoms with E-state index in [1.165, 1.54) is 76.6 Å². The molecule has 0 radical (unpaired) electrons. The Morgan fingerprint density at radius 3 is 2.42 bits per heavy atom. The van der Waals surface area contributed by atoms with Gasteiger partial charge in [-0.1, -0.05) is 36.8 Å². The van der Waals surface area contributed by atoms with Crippen molar-refractivity contribution >= 4 is 0 Å². The molecule has 1 aliphatic carbocycles. The maximum atomic E-state index is 8.89. The van der Waals surface area contributed by atoms with E-state index in [9.17, 15) is 0 Å². The van der Waals surface area contributed by atoms with Crippen molar-refractivity contribution in [2.24, 2.45) is 5.92 Å². The lowest BCUT2D eigenvalue weighted by molar-refractivity contribution is 0.0540. The molecule has 4 rings (SSSR count). The van der Waals surface area contributed by atoms with Crippen LogP contribution in [-0.2, 0) is 11.3 Å². The summed E-state index contributed by atoms with van der Waals surface area (Å²) in [6, 6.07) is 9.54. The monoisotopic (exact) mass is 424 g/mol. The van der Waals surface area contributed by atoms with Gasteiger partial charge in [0, 0.05) is 44.3 Å². The van der Waals surface area contributed by atoms with Crippen LogP contribution in [0.2, 0.25) is 0 Å². The van der Waals surface area contributed by atoms with Crippen LogP contribution in [0.15, 0.2) is 24.3 Å². The molecule has 4 nitrogen and oxygen atoms in total. The Kier molecular flexibility index (Phi) is 8.84. The van der Waals surface area contributed by atoms with E-state index in [0.717, 1.165) is 37.2 Å². The van der Waals surface area contributed by atoms with E-state index >= 15 is 0 Å². The average Bonchev–Trinajstić information content (AvgIpc) is 3.50. The number of hydrogen-bond acceptors (Lipinski definition) is 4. The highest BCUT2D eigenvalue weighted by Crippen LogP contribution is 2.28. The van der Waals surface area contributed by atoms with Gasteiger partial charge in [0.05, 0.1) is 12.7 Å². The molecule has 1 N–H and O–H groups in total. The molecule has 1 saturated carbocycles. The number of rotatable bonds is 8. The summed E-state index contributed by atoms with van der Waals surface area (Å²) in [5.41, 5.74) is 2.39. The minimum atomic E-state index is 0.128. The van der Waals surface area contributed by atoms with Crippen LogP contribution in [0.3, 0.4) is 0 Å². The van der Waals surface area contributed by atoms with Gasteiger partial charge >= 0.3 is 0 Å². The van der Waals surface area contributed by atoms with Crippen molar-refractivity contribution in [1.82, 2.24) is 9.80 Å². The number of aliphatic hydroxyl groups excluding tert-OH is 1. The van der Waals surface area contributed by atoms with Gasteiger partial charge in [-0.15, -0.1) is 0 Å². The van der Waals surface area contributed by atoms with Gasteiger partial charge in [0.2, 0.25) is 0 Å². The maximum Gasteiger partial charge on any atom is 0.0702 e. The number of likely N-dealkylation sites (tertiary alicyclic amines) is 1. The van der Waals surface area contributed by atoms with Gasteiger partial charge in [0.15, 0.2) is 0 Å². The van der Waals surface area contributed by atoms with Crippen molar-refractivity contribution < 1.29 is 9.84 Å². The fourth-order valence-corrected chi connectivity index (χ4v) is 5.59. The van der Waals surface area contributed by atoms with Crippen molar-refractivity contribution in [2.75, 3.05) is 39.4 Å². The molecule has 1 atom stereocenters. The largest absolute Gasteiger partial charge is 0.395 e. The molecule has 4 heteroatoms. The fraction of sp³-hybridized carbons (Fsp3) is 0.704. The fourth-order valence-electron chi connectivity index (χ4n) is 5.59. The summed E-state index contributed by atoms with van der Waals surface area (Å²) in [5, 5.41) is 8.89. The Morgan fingerprint density at radius 2 is 1.74 bits per heavy atom. The molecule has 1 aromatic rings. The zero-order valence-corrected chi connectivity index (χ0v) is 19.1. The van der Waals surface area contributed by atoms with Gasteiger partial charge in [0.25, 0.3) is 0 Å². The SMILES string of the molecule is OCCC#Cc1ccc(CN(CC2CCN(C3CCCC3)CC2)C[C@@H]2CCCO2)cc1. The maximum absolute atomic E-state index is 8.89. The van der Waals surface area contributed by atoms with Crippen molar-refractivity contribution in [3.63, 3.8) is 0 Å². The first-order valence-corrected chi connectivity index (χ1v) is 12.6. The van der Waals surface area contributed by atoms with E-state index in [4.69, 9.17) is 9.84 Å². The van der Waals surface area contributed by atoms with Crippen LogP contribution >= 0.6 is 0 Å². The standard InChI is InChI=1S/C27H40N2O2/c30-18-4-3-6-23-10-12-24(13-11-23)20-28(22-27-9-5-19-31-27)21-25-14-16-29(17-15-25)26-7-1-2-8-26/h10-13,25-27,30H,1-2,4-5,7-9,14-22H2/t27-/m0/s1. The Morgan fingerprint density at radius 1 is 0.968 bits per heavy atom. The van der Waals surface area contributed by atoms with Crippen LogP contribution in [0.5, 0.6) is 0 Å². The number of piperidine rings is 1. The average molecular weight is 425 g/mol. The van der Waals surface area contributed by atoms with E-state index in [1.807, 2.05) is 0 Å². The molecule has 170 valence electrons. The summed E-state index contributed by atoms with van der Waals surface area (Å²) in [7, 11) is 0. The zero-order valence-electron chi connectivity index (χ0n) is 19.1. The number of ether oxygens (including phenoxy) is 1. The second-order valence-corrected chi connectivity index (χ2v) is 9.72. The van der Waals surface area contributed by atoms with Crippen LogP contribution in [0.25, 0.3) is 0 Å². The first-order chi connectivity index (χ1) is 15.3. The van der Waals surface area contributed by atoms with Crippen molar-refractivity contribution in [3.05, 3.63) is 35.4 Å². The Hall–Kier alpha value is -1.38. The molecule has 0 bridgehead atoms. The number of hydrogen-bond donors (Lipinski definition) is 1. The normalized spacial score (nSPS) is 23.4. The highest BCUT2D eigenvalue weighted by Gasteiger charge is 2.28. The van der Waals surface area contributed by atoms with E-state index in [-0.39, 0.29) is 6.61 Å². The third-order valence-corrected chi connectivity index (χ3v) is 7.32. The molecule has 3 aliphatic rings. The summed E-state index contributed by atoms with van der Waals surface area (Å²) in [5.74, 6) is 6.94. The minimum absolute atomic E-state index is 0.128. The van der Waals surface area contributed by atoms with Crippen LogP contribution in [-0.4, -0.2) is 66.4 Å². The Bertz CT molecular complexity index is 703. The molecule has 2 saturated heterocycles. The topological polar surface area (TPSA) is 35.9 Å². The quantitative estimate of drug-likeness (QED) is 0.639. The van der Waals surface area contributed by atoms with Crippen LogP contribution in [0.1, 0.15) is 68.9 Å². The number of nitrogens with zero attached hydrogens (tertiary/aromatic N) is 2. The zero-order chi connectivity index (χ0) is 21.3. The predicted molar refractivity (Wildman–Crippen MR) is 126 cm³/mol. The molecule has 2 heterocycles. The lowest BCUT2D eigenvalue weighted by Crippen LogP contribution is -2.43. The van der Waals surface area contributed by atoms with E-state index in [2.05, 4.69) is 45.9 Å². The summed E-state index contributed by atoms with van der Waals surface area (Å²) in [4.78, 5) is 5.43. The first kappa shape index (κ1) is 22.8. The van der Waals surface area contributed by atoms with Gasteiger partial charge in [0.1, 0.15) is 0 Å². The molecule has 3 fully saturated rings. The molecule has 0 amide bonds. The summed E-state index contributed by atoms with van der Waals surface area (Å²) < 4.78 is 5.98. The molecule has 1 aromatic carbocycles. The summed E-state index contributed by atoms with van der Waals surface area (Å²) in [6.45, 7) is 6.89. The second-order valence-electron chi connectivity index (χ2n) is 9.72. The van der Waals surface area contributed by atoms with E-state index in [1.54, 1.807) is 0 Å². The molecule has 0 spiro atoms. The van der Waals surface area contributed by atoms with Crippen molar-refractivity contribution in [3.8, 4) is 11.8 Å². The Labute approximate surface area is 189 Å². The first-order valence-electron chi connectivity index (χ1n) is 12.6. The summed E-state index contributed by atoms with van der Waals surface area (Å²) >= 11 is 0. The molecule has 31 heavy (non-hydrogen) atoms. The third kappa shape index (κ3) is 7.05. The highest BCUT2D eigenvalue weighted by atomic mass is 16.5. The Balaban J connectivity index is 1.32. The van der Waals surface area contributed by atoms with Gasteiger partial charge < -0.3 is 14.7 Å². The minimum Gasteiger partial charge on any atom is -0.395 e. The van der Waals surface area contributed by atoms with Crippen LogP contribution in [0, 0.1) is 17.8 Å². The molecule has 0 unspecified atom stereocenters. The molecular formula is C27H40N2O2. The van der Waals surface area contributed by atoms with E-state index in [0.29, 0.717) is 12.5 Å². The van der Waals surface area contributed by atoms with Gasteiger partial charge in [-0.25, -0.2) is 0 Å². The van der Waals surface area contributed by atoms with Gasteiger partial charge in [-0.2, -0.15) is 0 Å². The second kappa shape index (κ2) is 12.0. The van der Waals surface area contributed by atoms with E-state index < -0.39 is 0 Å². The summed E-state index contributed by atoms with van der Waals surface area (Å²) in [6.07, 6.45) is 11.8. The lowest BCUT2D eigenvalue weighted by atomic mass is 9.94. The predicted octanol–water partition coefficient (Wildman–Crippen LogP) is 4.06. The molecule has 2 aliphatic heterocycles. The van der Waals surface area contributed by atoms with Crippen molar-refractivity contribution in [1.29, 1.82) is 0 Å². The van der Waals surface area contributed by atoms with Crippen LogP contribution < -0.4 is 0 Å². The molecular weight excluding hydrogens is 384 g/mol. The van der Waals surface area contributed by atoms with Gasteiger partial charge in [-0.3, -0.25) is 4.90 Å².